The van der Waals surface area contributed by atoms with Gasteiger partial charge < -0.3 is 5.32 Å². The molecule has 2 aromatic rings. The van der Waals surface area contributed by atoms with Gasteiger partial charge in [0, 0.05) is 12.5 Å². The van der Waals surface area contributed by atoms with Gasteiger partial charge in [-0.15, -0.1) is 0 Å². The first kappa shape index (κ1) is 15.4. The quantitative estimate of drug-likeness (QED) is 0.798. The van der Waals surface area contributed by atoms with E-state index in [4.69, 9.17) is 23.2 Å². The molecular weight excluding hydrogens is 289 g/mol. The minimum Gasteiger partial charge on any atom is -0.316 e. The van der Waals surface area contributed by atoms with Crippen LogP contribution in [0.4, 0.5) is 0 Å². The van der Waals surface area contributed by atoms with E-state index in [2.05, 4.69) is 42.6 Å². The van der Waals surface area contributed by atoms with E-state index >= 15 is 0 Å². The van der Waals surface area contributed by atoms with Crippen LogP contribution in [0.1, 0.15) is 24.0 Å². The van der Waals surface area contributed by atoms with Crippen LogP contribution in [-0.2, 0) is 6.42 Å². The van der Waals surface area contributed by atoms with Crippen LogP contribution in [0.25, 0.3) is 0 Å². The van der Waals surface area contributed by atoms with Crippen molar-refractivity contribution in [2.24, 2.45) is 0 Å². The summed E-state index contributed by atoms with van der Waals surface area (Å²) in [6.07, 6.45) is 0.952. The molecule has 106 valence electrons. The monoisotopic (exact) mass is 307 g/mol. The summed E-state index contributed by atoms with van der Waals surface area (Å²) >= 11 is 12.1. The Kier molecular flexibility index (Phi) is 5.90. The van der Waals surface area contributed by atoms with Gasteiger partial charge in [0.15, 0.2) is 0 Å². The van der Waals surface area contributed by atoms with Gasteiger partial charge in [-0.1, -0.05) is 66.5 Å². The van der Waals surface area contributed by atoms with Crippen molar-refractivity contribution < 1.29 is 0 Å². The molecule has 0 aromatic heterocycles. The highest BCUT2D eigenvalue weighted by Crippen LogP contribution is 2.26. The van der Waals surface area contributed by atoms with Crippen molar-refractivity contribution in [2.75, 3.05) is 13.1 Å². The van der Waals surface area contributed by atoms with E-state index < -0.39 is 0 Å². The highest BCUT2D eigenvalue weighted by atomic mass is 35.5. The van der Waals surface area contributed by atoms with Gasteiger partial charge in [0.05, 0.1) is 10.0 Å². The summed E-state index contributed by atoms with van der Waals surface area (Å²) in [7, 11) is 0. The van der Waals surface area contributed by atoms with Crippen LogP contribution in [0.3, 0.4) is 0 Å². The molecule has 0 amide bonds. The molecule has 1 atom stereocenters. The van der Waals surface area contributed by atoms with Crippen LogP contribution >= 0.6 is 23.2 Å². The highest BCUT2D eigenvalue weighted by Gasteiger charge is 2.12. The molecule has 0 aliphatic heterocycles. The average molecular weight is 308 g/mol. The Balaban J connectivity index is 2.17. The van der Waals surface area contributed by atoms with Crippen LogP contribution in [0.5, 0.6) is 0 Å². The molecule has 3 heteroatoms. The smallest absolute Gasteiger partial charge is 0.0595 e. The van der Waals surface area contributed by atoms with E-state index in [1.807, 2.05) is 18.2 Å². The molecule has 2 rings (SSSR count). The lowest BCUT2D eigenvalue weighted by Gasteiger charge is -2.18. The Hall–Kier alpha value is -1.02. The van der Waals surface area contributed by atoms with Gasteiger partial charge in [-0.3, -0.25) is 0 Å². The fourth-order valence-electron chi connectivity index (χ4n) is 2.30. The van der Waals surface area contributed by atoms with Gasteiger partial charge in [0.1, 0.15) is 0 Å². The molecule has 2 aromatic carbocycles. The van der Waals surface area contributed by atoms with E-state index in [0.717, 1.165) is 19.5 Å². The van der Waals surface area contributed by atoms with E-state index in [-0.39, 0.29) is 0 Å². The van der Waals surface area contributed by atoms with Gasteiger partial charge >= 0.3 is 0 Å². The zero-order valence-corrected chi connectivity index (χ0v) is 13.1. The Morgan fingerprint density at radius 3 is 2.40 bits per heavy atom. The fourth-order valence-corrected chi connectivity index (χ4v) is 2.62. The SMILES string of the molecule is CCNCC(Cc1ccc(Cl)c(Cl)c1)c1ccccc1. The molecular formula is C17H19Cl2N. The second-order valence-electron chi connectivity index (χ2n) is 4.87. The predicted octanol–water partition coefficient (Wildman–Crippen LogP) is 4.93. The van der Waals surface area contributed by atoms with Crippen LogP contribution in [0.2, 0.25) is 10.0 Å². The van der Waals surface area contributed by atoms with Crippen molar-refractivity contribution in [3.8, 4) is 0 Å². The molecule has 0 fully saturated rings. The van der Waals surface area contributed by atoms with E-state index in [1.54, 1.807) is 0 Å². The summed E-state index contributed by atoms with van der Waals surface area (Å²) in [6.45, 7) is 4.06. The molecule has 0 aliphatic carbocycles. The third-order valence-corrected chi connectivity index (χ3v) is 4.12. The first-order valence-electron chi connectivity index (χ1n) is 6.90. The van der Waals surface area contributed by atoms with Crippen LogP contribution in [-0.4, -0.2) is 13.1 Å². The van der Waals surface area contributed by atoms with Crippen LogP contribution < -0.4 is 5.32 Å². The molecule has 1 nitrogen and oxygen atoms in total. The zero-order chi connectivity index (χ0) is 14.4. The number of halogens is 2. The average Bonchev–Trinajstić information content (AvgIpc) is 2.48. The summed E-state index contributed by atoms with van der Waals surface area (Å²) in [6, 6.07) is 16.5. The van der Waals surface area contributed by atoms with E-state index in [1.165, 1.54) is 11.1 Å². The third-order valence-electron chi connectivity index (χ3n) is 3.38. The molecule has 0 aliphatic rings. The Bertz CT molecular complexity index is 540. The number of nitrogens with one attached hydrogen (secondary N) is 1. The predicted molar refractivity (Wildman–Crippen MR) is 87.9 cm³/mol. The maximum absolute atomic E-state index is 6.10. The third kappa shape index (κ3) is 4.24. The minimum absolute atomic E-state index is 0.438. The minimum atomic E-state index is 0.438. The van der Waals surface area contributed by atoms with Gasteiger partial charge in [0.2, 0.25) is 0 Å². The highest BCUT2D eigenvalue weighted by molar-refractivity contribution is 6.42. The second kappa shape index (κ2) is 7.68. The molecule has 0 spiro atoms. The fraction of sp³-hybridized carbons (Fsp3) is 0.294. The first-order chi connectivity index (χ1) is 9.70. The van der Waals surface area contributed by atoms with Crippen molar-refractivity contribution in [1.82, 2.24) is 5.32 Å². The van der Waals surface area contributed by atoms with Crippen LogP contribution in [0, 0.1) is 0 Å². The molecule has 0 bridgehead atoms. The maximum Gasteiger partial charge on any atom is 0.0595 e. The first-order valence-corrected chi connectivity index (χ1v) is 7.66. The molecule has 0 saturated heterocycles. The summed E-state index contributed by atoms with van der Waals surface area (Å²) in [5, 5.41) is 4.67. The largest absolute Gasteiger partial charge is 0.316 e. The standard InChI is InChI=1S/C17H19Cl2N/c1-2-20-12-15(14-6-4-3-5-7-14)10-13-8-9-16(18)17(19)11-13/h3-9,11,15,20H,2,10,12H2,1H3. The molecule has 0 heterocycles. The lowest BCUT2D eigenvalue weighted by molar-refractivity contribution is 0.595. The maximum atomic E-state index is 6.10. The van der Waals surface area contributed by atoms with Gasteiger partial charge in [-0.25, -0.2) is 0 Å². The number of hydrogen-bond acceptors (Lipinski definition) is 1. The van der Waals surface area contributed by atoms with E-state index in [0.29, 0.717) is 16.0 Å². The summed E-state index contributed by atoms with van der Waals surface area (Å²) in [5.74, 6) is 0.438. The van der Waals surface area contributed by atoms with Crippen molar-refractivity contribution in [1.29, 1.82) is 0 Å². The molecule has 0 radical (unpaired) electrons. The van der Waals surface area contributed by atoms with Gasteiger partial charge in [0.25, 0.3) is 0 Å². The lowest BCUT2D eigenvalue weighted by Crippen LogP contribution is -2.22. The van der Waals surface area contributed by atoms with Gasteiger partial charge in [-0.2, -0.15) is 0 Å². The normalized spacial score (nSPS) is 12.3. The zero-order valence-electron chi connectivity index (χ0n) is 11.6. The molecule has 20 heavy (non-hydrogen) atoms. The Morgan fingerprint density at radius 1 is 1.00 bits per heavy atom. The van der Waals surface area contributed by atoms with Crippen molar-refractivity contribution >= 4 is 23.2 Å². The lowest BCUT2D eigenvalue weighted by atomic mass is 9.92. The van der Waals surface area contributed by atoms with Gasteiger partial charge in [-0.05, 0) is 36.2 Å². The molecule has 1 unspecified atom stereocenters. The second-order valence-corrected chi connectivity index (χ2v) is 5.68. The van der Waals surface area contributed by atoms with Crippen LogP contribution in [0.15, 0.2) is 48.5 Å². The van der Waals surface area contributed by atoms with E-state index in [9.17, 15) is 0 Å². The molecule has 1 N–H and O–H groups in total. The number of rotatable bonds is 6. The topological polar surface area (TPSA) is 12.0 Å². The number of hydrogen-bond donors (Lipinski definition) is 1. The molecule has 0 saturated carbocycles. The summed E-state index contributed by atoms with van der Waals surface area (Å²) in [5.41, 5.74) is 2.56. The summed E-state index contributed by atoms with van der Waals surface area (Å²) < 4.78 is 0. The van der Waals surface area contributed by atoms with Crippen molar-refractivity contribution in [2.45, 2.75) is 19.3 Å². The number of benzene rings is 2. The summed E-state index contributed by atoms with van der Waals surface area (Å²) in [4.78, 5) is 0. The number of likely N-dealkylation sites (N-methyl/N-ethyl adjacent to an activating group) is 1. The van der Waals surface area contributed by atoms with Crippen molar-refractivity contribution in [3.05, 3.63) is 69.7 Å². The Morgan fingerprint density at radius 2 is 1.75 bits per heavy atom. The Labute approximate surface area is 130 Å². The van der Waals surface area contributed by atoms with Crippen molar-refractivity contribution in [3.63, 3.8) is 0 Å².